The van der Waals surface area contributed by atoms with E-state index in [1.807, 2.05) is 0 Å². The van der Waals surface area contributed by atoms with Gasteiger partial charge in [0, 0.05) is 0 Å². The third-order valence-corrected chi connectivity index (χ3v) is 3.72. The number of quaternary nitrogens is 1. The Morgan fingerprint density at radius 1 is 1.00 bits per heavy atom. The third kappa shape index (κ3) is 6.64. The van der Waals surface area contributed by atoms with Crippen LogP contribution in [-0.4, -0.2) is 25.3 Å². The predicted molar refractivity (Wildman–Crippen MR) is 68.6 cm³/mol. The van der Waals surface area contributed by atoms with Gasteiger partial charge < -0.3 is 22.5 Å². The molecule has 17 heavy (non-hydrogen) atoms. The van der Waals surface area contributed by atoms with Gasteiger partial charge in [0.25, 0.3) is 0 Å². The van der Waals surface area contributed by atoms with Gasteiger partial charge in [0.15, 0.2) is 0 Å². The molecule has 2 nitrogen and oxygen atoms in total. The van der Waals surface area contributed by atoms with Crippen LogP contribution >= 0.6 is 0 Å². The van der Waals surface area contributed by atoms with E-state index in [0.717, 1.165) is 13.2 Å². The topological polar surface area (TPSA) is 25.8 Å². The Morgan fingerprint density at radius 2 is 1.71 bits per heavy atom. The zero-order valence-corrected chi connectivity index (χ0v) is 12.4. The summed E-state index contributed by atoms with van der Waals surface area (Å²) in [6, 6.07) is 0. The maximum Gasteiger partial charge on any atom is 0.117 e. The van der Waals surface area contributed by atoms with Crippen LogP contribution < -0.4 is 17.7 Å². The summed E-state index contributed by atoms with van der Waals surface area (Å²) < 4.78 is 6.12. The number of ether oxygens (including phenoxy) is 1. The lowest BCUT2D eigenvalue weighted by molar-refractivity contribution is -0.686. The monoisotopic (exact) mass is 263 g/mol. The Kier molecular flexibility index (Phi) is 10.3. The van der Waals surface area contributed by atoms with Crippen molar-refractivity contribution in [3.05, 3.63) is 0 Å². The van der Waals surface area contributed by atoms with Gasteiger partial charge >= 0.3 is 0 Å². The lowest BCUT2D eigenvalue weighted by atomic mass is 9.89. The van der Waals surface area contributed by atoms with Crippen molar-refractivity contribution in [3.63, 3.8) is 0 Å². The zero-order chi connectivity index (χ0) is 11.7. The predicted octanol–water partition coefficient (Wildman–Crippen LogP) is -0.517. The average Bonchev–Trinajstić information content (AvgIpc) is 2.34. The number of nitrogens with two attached hydrogens (primary N) is 1. The minimum absolute atomic E-state index is 0. The number of morpholine rings is 1. The quantitative estimate of drug-likeness (QED) is 0.587. The fourth-order valence-corrected chi connectivity index (χ4v) is 2.63. The summed E-state index contributed by atoms with van der Waals surface area (Å²) >= 11 is 0. The summed E-state index contributed by atoms with van der Waals surface area (Å²) in [6.45, 7) is 7.86. The minimum atomic E-state index is 0. The molecule has 1 aliphatic heterocycles. The first-order valence-corrected chi connectivity index (χ1v) is 7.28. The van der Waals surface area contributed by atoms with Gasteiger partial charge in [0.1, 0.15) is 12.1 Å². The molecule has 1 atom stereocenters. The average molecular weight is 264 g/mol. The standard InChI is InChI=1S/C14H29NO.ClH/c1-3-5-7-8-10-14(9-6-4-2)13-15-11-12-16-14;/h15H,3-13H2,1-2H3;1H. The van der Waals surface area contributed by atoms with Gasteiger partial charge in [-0.15, -0.1) is 0 Å². The van der Waals surface area contributed by atoms with Crippen LogP contribution in [0.5, 0.6) is 0 Å². The molecule has 1 aliphatic rings. The molecule has 0 radical (unpaired) electrons. The molecule has 1 fully saturated rings. The van der Waals surface area contributed by atoms with Crippen molar-refractivity contribution in [2.45, 2.75) is 70.8 Å². The van der Waals surface area contributed by atoms with Crippen LogP contribution in [0.3, 0.4) is 0 Å². The number of halogens is 1. The van der Waals surface area contributed by atoms with Crippen LogP contribution in [0.25, 0.3) is 0 Å². The lowest BCUT2D eigenvalue weighted by Crippen LogP contribution is -3.00. The first kappa shape index (κ1) is 17.2. The van der Waals surface area contributed by atoms with E-state index < -0.39 is 0 Å². The van der Waals surface area contributed by atoms with Gasteiger partial charge in [0.05, 0.1) is 13.2 Å². The molecular weight excluding hydrogens is 234 g/mol. The molecule has 3 heteroatoms. The second-order valence-electron chi connectivity index (χ2n) is 5.23. The van der Waals surface area contributed by atoms with Crippen molar-refractivity contribution in [3.8, 4) is 0 Å². The molecule has 2 N–H and O–H groups in total. The van der Waals surface area contributed by atoms with Crippen molar-refractivity contribution in [2.75, 3.05) is 19.7 Å². The highest BCUT2D eigenvalue weighted by Gasteiger charge is 2.34. The SMILES string of the molecule is CCCCCCC1(CCCC)C[NH2+]CCO1.[Cl-]. The second-order valence-corrected chi connectivity index (χ2v) is 5.23. The number of hydrogen-bond acceptors (Lipinski definition) is 1. The molecule has 0 aliphatic carbocycles. The molecule has 1 rings (SSSR count). The fraction of sp³-hybridized carbons (Fsp3) is 1.00. The molecule has 0 spiro atoms. The van der Waals surface area contributed by atoms with E-state index in [9.17, 15) is 0 Å². The fourth-order valence-electron chi connectivity index (χ4n) is 2.63. The molecule has 1 heterocycles. The van der Waals surface area contributed by atoms with E-state index in [1.165, 1.54) is 57.9 Å². The minimum Gasteiger partial charge on any atom is -1.00 e. The van der Waals surface area contributed by atoms with Gasteiger partial charge in [-0.25, -0.2) is 0 Å². The number of hydrogen-bond donors (Lipinski definition) is 1. The van der Waals surface area contributed by atoms with Crippen molar-refractivity contribution < 1.29 is 22.5 Å². The Hall–Kier alpha value is 0.210. The van der Waals surface area contributed by atoms with Gasteiger partial charge in [-0.1, -0.05) is 52.4 Å². The van der Waals surface area contributed by atoms with Crippen molar-refractivity contribution >= 4 is 0 Å². The Labute approximate surface area is 113 Å². The van der Waals surface area contributed by atoms with E-state index in [2.05, 4.69) is 19.2 Å². The van der Waals surface area contributed by atoms with Crippen molar-refractivity contribution in [1.29, 1.82) is 0 Å². The lowest BCUT2D eigenvalue weighted by Gasteiger charge is -2.35. The van der Waals surface area contributed by atoms with E-state index in [-0.39, 0.29) is 18.0 Å². The van der Waals surface area contributed by atoms with Gasteiger partial charge in [-0.05, 0) is 12.8 Å². The zero-order valence-electron chi connectivity index (χ0n) is 11.6. The molecule has 104 valence electrons. The van der Waals surface area contributed by atoms with Gasteiger partial charge in [-0.2, -0.15) is 0 Å². The number of unbranched alkanes of at least 4 members (excludes halogenated alkanes) is 4. The molecule has 1 unspecified atom stereocenters. The highest BCUT2D eigenvalue weighted by Crippen LogP contribution is 2.26. The summed E-state index contributed by atoms with van der Waals surface area (Å²) in [5, 5.41) is 2.44. The smallest absolute Gasteiger partial charge is 0.117 e. The van der Waals surface area contributed by atoms with Crippen LogP contribution in [0, 0.1) is 0 Å². The van der Waals surface area contributed by atoms with E-state index in [0.29, 0.717) is 0 Å². The molecule has 0 amide bonds. The van der Waals surface area contributed by atoms with Crippen LogP contribution in [0.15, 0.2) is 0 Å². The Morgan fingerprint density at radius 3 is 2.29 bits per heavy atom. The summed E-state index contributed by atoms with van der Waals surface area (Å²) in [7, 11) is 0. The Balaban J connectivity index is 0.00000256. The second kappa shape index (κ2) is 10.2. The molecule has 0 aromatic rings. The maximum absolute atomic E-state index is 6.12. The summed E-state index contributed by atoms with van der Waals surface area (Å²) in [5.74, 6) is 0. The highest BCUT2D eigenvalue weighted by atomic mass is 35.5. The molecule has 0 aromatic carbocycles. The summed E-state index contributed by atoms with van der Waals surface area (Å²) in [6.07, 6.45) is 10.6. The van der Waals surface area contributed by atoms with E-state index in [1.54, 1.807) is 0 Å². The summed E-state index contributed by atoms with van der Waals surface area (Å²) in [5.41, 5.74) is 0.224. The van der Waals surface area contributed by atoms with Crippen molar-refractivity contribution in [2.24, 2.45) is 0 Å². The van der Waals surface area contributed by atoms with Crippen LogP contribution in [0.4, 0.5) is 0 Å². The van der Waals surface area contributed by atoms with Crippen LogP contribution in [-0.2, 0) is 4.74 Å². The molecular formula is C14H30ClNO. The van der Waals surface area contributed by atoms with Gasteiger partial charge in [-0.3, -0.25) is 0 Å². The Bertz CT molecular complexity index is 170. The maximum atomic E-state index is 6.12. The highest BCUT2D eigenvalue weighted by molar-refractivity contribution is 4.81. The molecule has 1 saturated heterocycles. The first-order chi connectivity index (χ1) is 7.83. The van der Waals surface area contributed by atoms with E-state index >= 15 is 0 Å². The van der Waals surface area contributed by atoms with E-state index in [4.69, 9.17) is 4.74 Å². The largest absolute Gasteiger partial charge is 1.00 e. The third-order valence-electron chi connectivity index (χ3n) is 3.72. The summed E-state index contributed by atoms with van der Waals surface area (Å²) in [4.78, 5) is 0. The van der Waals surface area contributed by atoms with Crippen molar-refractivity contribution in [1.82, 2.24) is 0 Å². The van der Waals surface area contributed by atoms with Crippen LogP contribution in [0.1, 0.15) is 65.2 Å². The van der Waals surface area contributed by atoms with Gasteiger partial charge in [0.2, 0.25) is 0 Å². The normalized spacial score (nSPS) is 24.4. The molecule has 0 aromatic heterocycles. The molecule has 0 saturated carbocycles. The first-order valence-electron chi connectivity index (χ1n) is 7.28. The number of rotatable bonds is 8. The molecule has 0 bridgehead atoms. The van der Waals surface area contributed by atoms with Crippen LogP contribution in [0.2, 0.25) is 0 Å².